The first-order valence-corrected chi connectivity index (χ1v) is 9.89. The molecule has 1 fully saturated rings. The van der Waals surface area contributed by atoms with Crippen molar-refractivity contribution in [2.45, 2.75) is 77.1 Å². The molecule has 0 saturated heterocycles. The lowest BCUT2D eigenvalue weighted by molar-refractivity contribution is -0.141. The van der Waals surface area contributed by atoms with Crippen LogP contribution in [0.3, 0.4) is 0 Å². The summed E-state index contributed by atoms with van der Waals surface area (Å²) in [6.45, 7) is 2.51. The van der Waals surface area contributed by atoms with Crippen LogP contribution < -0.4 is 22.1 Å². The Morgan fingerprint density at radius 3 is 2.37 bits per heavy atom. The molecule has 12 heteroatoms. The fraction of sp³-hybridized carbons (Fsp3) is 0.722. The van der Waals surface area contributed by atoms with Gasteiger partial charge in [-0.05, 0) is 19.3 Å². The zero-order chi connectivity index (χ0) is 22.7. The van der Waals surface area contributed by atoms with Gasteiger partial charge in [0, 0.05) is 6.92 Å². The van der Waals surface area contributed by atoms with Gasteiger partial charge in [0.1, 0.15) is 0 Å². The predicted octanol–water partition coefficient (Wildman–Crippen LogP) is 0.165. The number of aliphatic hydroxyl groups excluding tert-OH is 1. The van der Waals surface area contributed by atoms with Crippen molar-refractivity contribution in [3.63, 3.8) is 0 Å². The Kier molecular flexibility index (Phi) is 10.8. The second kappa shape index (κ2) is 12.8. The van der Waals surface area contributed by atoms with Crippen LogP contribution in [0.15, 0.2) is 4.42 Å². The summed E-state index contributed by atoms with van der Waals surface area (Å²) in [7, 11) is 0. The maximum Gasteiger partial charge on any atom is 0.328 e. The predicted molar refractivity (Wildman–Crippen MR) is 106 cm³/mol. The summed E-state index contributed by atoms with van der Waals surface area (Å²) in [5, 5.41) is 30.6. The van der Waals surface area contributed by atoms with Crippen LogP contribution in [0.5, 0.6) is 0 Å². The highest BCUT2D eigenvalue weighted by atomic mass is 16.4. The minimum absolute atomic E-state index is 0.0683. The molecule has 1 aliphatic rings. The van der Waals surface area contributed by atoms with Crippen molar-refractivity contribution in [1.82, 2.24) is 20.8 Å². The van der Waals surface area contributed by atoms with Crippen LogP contribution in [0.2, 0.25) is 0 Å². The molecule has 170 valence electrons. The van der Waals surface area contributed by atoms with E-state index in [-0.39, 0.29) is 24.4 Å². The second-order valence-electron chi connectivity index (χ2n) is 7.37. The molecule has 1 heterocycles. The van der Waals surface area contributed by atoms with Gasteiger partial charge in [0.15, 0.2) is 6.04 Å². The molecule has 1 saturated carbocycles. The van der Waals surface area contributed by atoms with Crippen LogP contribution in [0.25, 0.3) is 0 Å². The fourth-order valence-corrected chi connectivity index (χ4v) is 3.11. The number of nitrogens with one attached hydrogen (secondary N) is 2. The van der Waals surface area contributed by atoms with E-state index < -0.39 is 24.1 Å². The quantitative estimate of drug-likeness (QED) is 0.333. The number of nitrogens with zero attached hydrogens (tertiary/aromatic N) is 2. The van der Waals surface area contributed by atoms with Gasteiger partial charge in [0.25, 0.3) is 0 Å². The lowest BCUT2D eigenvalue weighted by Gasteiger charge is -2.23. The van der Waals surface area contributed by atoms with Gasteiger partial charge in [-0.15, -0.1) is 10.2 Å². The average molecular weight is 428 g/mol. The zero-order valence-corrected chi connectivity index (χ0v) is 17.3. The van der Waals surface area contributed by atoms with E-state index in [4.69, 9.17) is 15.3 Å². The smallest absolute Gasteiger partial charge is 0.328 e. The molecule has 0 aliphatic heterocycles. The highest BCUT2D eigenvalue weighted by Gasteiger charge is 2.25. The van der Waals surface area contributed by atoms with Gasteiger partial charge in [-0.3, -0.25) is 4.79 Å². The van der Waals surface area contributed by atoms with Crippen molar-refractivity contribution in [2.75, 3.05) is 0 Å². The SMILES string of the molecule is CC(N)=O.CC(O)C(NC(=O)NCc1nnc(C(N)CC2CCCCC2)o1)C(=O)O. The van der Waals surface area contributed by atoms with Crippen LogP contribution in [0.4, 0.5) is 4.79 Å². The van der Waals surface area contributed by atoms with E-state index in [0.29, 0.717) is 11.8 Å². The Hall–Kier alpha value is -2.73. The van der Waals surface area contributed by atoms with Crippen LogP contribution in [-0.2, 0) is 16.1 Å². The number of hydrogen-bond acceptors (Lipinski definition) is 8. The summed E-state index contributed by atoms with van der Waals surface area (Å²) >= 11 is 0. The summed E-state index contributed by atoms with van der Waals surface area (Å²) in [5.41, 5.74) is 10.6. The van der Waals surface area contributed by atoms with E-state index in [1.54, 1.807) is 0 Å². The lowest BCUT2D eigenvalue weighted by atomic mass is 9.85. The molecule has 30 heavy (non-hydrogen) atoms. The number of nitrogens with two attached hydrogens (primary N) is 2. The Labute approximate surface area is 174 Å². The molecule has 3 unspecified atom stereocenters. The molecule has 0 radical (unpaired) electrons. The van der Waals surface area contributed by atoms with Crippen molar-refractivity contribution in [2.24, 2.45) is 17.4 Å². The summed E-state index contributed by atoms with van der Waals surface area (Å²) in [6.07, 6.45) is 5.65. The number of carbonyl (C=O) groups is 3. The Bertz CT molecular complexity index is 684. The van der Waals surface area contributed by atoms with E-state index in [0.717, 1.165) is 6.42 Å². The normalized spacial score (nSPS) is 17.1. The third kappa shape index (κ3) is 9.65. The summed E-state index contributed by atoms with van der Waals surface area (Å²) in [5.74, 6) is -0.575. The number of rotatable bonds is 8. The number of hydrogen-bond donors (Lipinski definition) is 6. The molecule has 3 amide bonds. The topological polar surface area (TPSA) is 207 Å². The maximum absolute atomic E-state index is 11.7. The monoisotopic (exact) mass is 428 g/mol. The van der Waals surface area contributed by atoms with Gasteiger partial charge in [-0.1, -0.05) is 32.1 Å². The molecule has 1 aromatic rings. The molecule has 1 aromatic heterocycles. The third-order valence-corrected chi connectivity index (χ3v) is 4.55. The molecule has 3 atom stereocenters. The van der Waals surface area contributed by atoms with Gasteiger partial charge in [-0.25, -0.2) is 9.59 Å². The van der Waals surface area contributed by atoms with Gasteiger partial charge in [0.05, 0.1) is 18.7 Å². The fourth-order valence-electron chi connectivity index (χ4n) is 3.11. The van der Waals surface area contributed by atoms with Gasteiger partial charge < -0.3 is 36.7 Å². The first-order valence-electron chi connectivity index (χ1n) is 9.89. The molecule has 8 N–H and O–H groups in total. The van der Waals surface area contributed by atoms with Crippen molar-refractivity contribution < 1.29 is 29.0 Å². The highest BCUT2D eigenvalue weighted by molar-refractivity contribution is 5.82. The van der Waals surface area contributed by atoms with Gasteiger partial charge >= 0.3 is 12.0 Å². The molecule has 0 bridgehead atoms. The standard InChI is InChI=1S/C16H27N5O5.C2H5NO/c1-9(22)13(15(23)24)19-16(25)18-8-12-20-21-14(26-12)11(17)7-10-5-3-2-4-6-10;1-2(3)4/h9-11,13,22H,2-8,17H2,1H3,(H,23,24)(H2,18,19,25);1H3,(H2,3,4). The van der Waals surface area contributed by atoms with E-state index in [2.05, 4.69) is 26.6 Å². The number of aliphatic hydroxyl groups is 1. The summed E-state index contributed by atoms with van der Waals surface area (Å²) in [6, 6.07) is -2.50. The lowest BCUT2D eigenvalue weighted by Crippen LogP contribution is -2.51. The molecule has 12 nitrogen and oxygen atoms in total. The number of urea groups is 1. The number of carbonyl (C=O) groups excluding carboxylic acids is 2. The Morgan fingerprint density at radius 2 is 1.83 bits per heavy atom. The minimum Gasteiger partial charge on any atom is -0.480 e. The van der Waals surface area contributed by atoms with Crippen LogP contribution >= 0.6 is 0 Å². The molecular weight excluding hydrogens is 396 g/mol. The third-order valence-electron chi connectivity index (χ3n) is 4.55. The van der Waals surface area contributed by atoms with E-state index in [1.165, 1.54) is 46.0 Å². The molecule has 2 rings (SSSR count). The number of amides is 3. The Balaban J connectivity index is 0.00000103. The number of aromatic nitrogens is 2. The second-order valence-corrected chi connectivity index (χ2v) is 7.37. The average Bonchev–Trinajstić information content (AvgIpc) is 3.13. The highest BCUT2D eigenvalue weighted by Crippen LogP contribution is 2.30. The number of primary amides is 1. The van der Waals surface area contributed by atoms with Gasteiger partial charge in [0.2, 0.25) is 17.7 Å². The van der Waals surface area contributed by atoms with Crippen molar-refractivity contribution in [1.29, 1.82) is 0 Å². The molecular formula is C18H32N6O6. The summed E-state index contributed by atoms with van der Waals surface area (Å²) < 4.78 is 5.48. The van der Waals surface area contributed by atoms with Crippen LogP contribution in [0.1, 0.15) is 70.2 Å². The summed E-state index contributed by atoms with van der Waals surface area (Å²) in [4.78, 5) is 31.9. The Morgan fingerprint density at radius 1 is 1.23 bits per heavy atom. The van der Waals surface area contributed by atoms with E-state index in [1.807, 2.05) is 0 Å². The van der Waals surface area contributed by atoms with Crippen LogP contribution in [0, 0.1) is 5.92 Å². The largest absolute Gasteiger partial charge is 0.480 e. The first kappa shape index (κ1) is 25.3. The van der Waals surface area contributed by atoms with Crippen molar-refractivity contribution >= 4 is 17.9 Å². The van der Waals surface area contributed by atoms with Gasteiger partial charge in [-0.2, -0.15) is 0 Å². The minimum atomic E-state index is -1.41. The van der Waals surface area contributed by atoms with E-state index >= 15 is 0 Å². The number of carboxylic acids is 1. The van der Waals surface area contributed by atoms with Crippen molar-refractivity contribution in [3.8, 4) is 0 Å². The van der Waals surface area contributed by atoms with Crippen molar-refractivity contribution in [3.05, 3.63) is 11.8 Å². The van der Waals surface area contributed by atoms with E-state index in [9.17, 15) is 19.5 Å². The molecule has 0 aromatic carbocycles. The molecule has 1 aliphatic carbocycles. The van der Waals surface area contributed by atoms with Crippen LogP contribution in [-0.4, -0.2) is 50.5 Å². The first-order chi connectivity index (χ1) is 14.1. The maximum atomic E-state index is 11.7. The number of aliphatic carboxylic acids is 1. The molecule has 0 spiro atoms. The zero-order valence-electron chi connectivity index (χ0n) is 17.3. The number of carboxylic acid groups (broad SMARTS) is 1.